The van der Waals surface area contributed by atoms with E-state index in [0.717, 1.165) is 17.9 Å². The minimum absolute atomic E-state index is 0.920. The first-order valence-electron chi connectivity index (χ1n) is 6.51. The van der Waals surface area contributed by atoms with Gasteiger partial charge >= 0.3 is 0 Å². The normalized spacial score (nSPS) is 42.6. The van der Waals surface area contributed by atoms with Crippen molar-refractivity contribution in [2.75, 3.05) is 19.6 Å². The van der Waals surface area contributed by atoms with Crippen LogP contribution in [-0.4, -0.2) is 30.2 Å². The highest BCUT2D eigenvalue weighted by Crippen LogP contribution is 2.37. The molecule has 0 aliphatic carbocycles. The molecular weight excluding hydrogens is 170 g/mol. The van der Waals surface area contributed by atoms with Crippen LogP contribution in [0.1, 0.15) is 46.5 Å². The van der Waals surface area contributed by atoms with Crippen molar-refractivity contribution in [1.82, 2.24) is 0 Å². The molecule has 14 heavy (non-hydrogen) atoms. The molecule has 0 aromatic rings. The number of hydrogen-bond donors (Lipinski definition) is 0. The maximum atomic E-state index is 2.50. The molecule has 3 atom stereocenters. The molecule has 82 valence electrons. The quantitative estimate of drug-likeness (QED) is 0.522. The third kappa shape index (κ3) is 1.60. The summed E-state index contributed by atoms with van der Waals surface area (Å²) < 4.78 is 1.46. The monoisotopic (exact) mass is 196 g/mol. The maximum absolute atomic E-state index is 2.50. The largest absolute Gasteiger partial charge is 0.321 e. The van der Waals surface area contributed by atoms with E-state index in [-0.39, 0.29) is 0 Å². The van der Waals surface area contributed by atoms with Gasteiger partial charge in [0.05, 0.1) is 25.7 Å². The average molecular weight is 196 g/mol. The molecule has 2 aliphatic heterocycles. The van der Waals surface area contributed by atoms with Crippen LogP contribution in [0.5, 0.6) is 0 Å². The van der Waals surface area contributed by atoms with E-state index in [0.29, 0.717) is 0 Å². The molecular formula is C13H26N+. The van der Waals surface area contributed by atoms with Crippen LogP contribution < -0.4 is 0 Å². The van der Waals surface area contributed by atoms with E-state index in [1.54, 1.807) is 0 Å². The third-order valence-electron chi connectivity index (χ3n) is 5.13. The van der Waals surface area contributed by atoms with Crippen molar-refractivity contribution in [2.24, 2.45) is 11.8 Å². The summed E-state index contributed by atoms with van der Waals surface area (Å²) in [5, 5.41) is 0. The van der Waals surface area contributed by atoms with Gasteiger partial charge in [-0.1, -0.05) is 13.8 Å². The second-order valence-electron chi connectivity index (χ2n) is 5.84. The van der Waals surface area contributed by atoms with E-state index < -0.39 is 0 Å². The van der Waals surface area contributed by atoms with E-state index in [9.17, 15) is 0 Å². The van der Waals surface area contributed by atoms with Crippen LogP contribution in [0.15, 0.2) is 0 Å². The molecule has 2 saturated heterocycles. The fraction of sp³-hybridized carbons (Fsp3) is 1.00. The van der Waals surface area contributed by atoms with Crippen molar-refractivity contribution in [3.8, 4) is 0 Å². The molecule has 3 unspecified atom stereocenters. The smallest absolute Gasteiger partial charge is 0.0892 e. The molecule has 0 aromatic carbocycles. The standard InChI is InChI=1S/C13H26N/c1-11-10-14(13(3)12(11)2)8-6-4-5-7-9-14/h11-13H,4-10H2,1-3H3/q+1. The Bertz CT molecular complexity index is 191. The van der Waals surface area contributed by atoms with Crippen molar-refractivity contribution in [3.05, 3.63) is 0 Å². The Hall–Kier alpha value is -0.0400. The lowest BCUT2D eigenvalue weighted by Gasteiger charge is -2.39. The minimum atomic E-state index is 0.920. The van der Waals surface area contributed by atoms with Crippen LogP contribution in [0, 0.1) is 11.8 Å². The van der Waals surface area contributed by atoms with Crippen LogP contribution in [-0.2, 0) is 0 Å². The van der Waals surface area contributed by atoms with Crippen LogP contribution in [0.25, 0.3) is 0 Å². The summed E-state index contributed by atoms with van der Waals surface area (Å²) in [6.07, 6.45) is 5.92. The Morgan fingerprint density at radius 1 is 0.857 bits per heavy atom. The minimum Gasteiger partial charge on any atom is -0.321 e. The maximum Gasteiger partial charge on any atom is 0.0892 e. The summed E-state index contributed by atoms with van der Waals surface area (Å²) >= 11 is 0. The van der Waals surface area contributed by atoms with Gasteiger partial charge < -0.3 is 4.48 Å². The first-order valence-corrected chi connectivity index (χ1v) is 6.51. The molecule has 1 heteroatoms. The Kier molecular flexibility index (Phi) is 2.88. The number of nitrogens with zero attached hydrogens (tertiary/aromatic N) is 1. The van der Waals surface area contributed by atoms with E-state index in [4.69, 9.17) is 0 Å². The lowest BCUT2D eigenvalue weighted by atomic mass is 9.95. The summed E-state index contributed by atoms with van der Waals surface area (Å²) in [5.41, 5.74) is 0. The van der Waals surface area contributed by atoms with Gasteiger partial charge in [-0.3, -0.25) is 0 Å². The molecule has 0 amide bonds. The topological polar surface area (TPSA) is 0 Å². The highest BCUT2D eigenvalue weighted by atomic mass is 15.4. The van der Waals surface area contributed by atoms with Crippen LogP contribution in [0.4, 0.5) is 0 Å². The average Bonchev–Trinajstić information content (AvgIpc) is 2.38. The first-order chi connectivity index (χ1) is 6.66. The van der Waals surface area contributed by atoms with Crippen LogP contribution in [0.3, 0.4) is 0 Å². The van der Waals surface area contributed by atoms with E-state index in [1.807, 2.05) is 0 Å². The van der Waals surface area contributed by atoms with E-state index in [2.05, 4.69) is 20.8 Å². The second-order valence-corrected chi connectivity index (χ2v) is 5.84. The van der Waals surface area contributed by atoms with Crippen LogP contribution in [0.2, 0.25) is 0 Å². The van der Waals surface area contributed by atoms with Crippen LogP contribution >= 0.6 is 0 Å². The van der Waals surface area contributed by atoms with Gasteiger partial charge in [-0.25, -0.2) is 0 Å². The molecule has 0 radical (unpaired) electrons. The van der Waals surface area contributed by atoms with Gasteiger partial charge in [0.15, 0.2) is 0 Å². The van der Waals surface area contributed by atoms with Gasteiger partial charge in [0.25, 0.3) is 0 Å². The molecule has 2 aliphatic rings. The van der Waals surface area contributed by atoms with Gasteiger partial charge in [-0.15, -0.1) is 0 Å². The van der Waals surface area contributed by atoms with E-state index >= 15 is 0 Å². The lowest BCUT2D eigenvalue weighted by molar-refractivity contribution is -0.939. The van der Waals surface area contributed by atoms with E-state index in [1.165, 1.54) is 49.8 Å². The predicted octanol–water partition coefficient (Wildman–Crippen LogP) is 3.05. The molecule has 0 N–H and O–H groups in total. The van der Waals surface area contributed by atoms with Crippen molar-refractivity contribution in [2.45, 2.75) is 52.5 Å². The molecule has 2 fully saturated rings. The SMILES string of the molecule is CC1C[N+]2(CCCCCC2)C(C)C1C. The zero-order chi connectivity index (χ0) is 10.2. The Morgan fingerprint density at radius 2 is 1.43 bits per heavy atom. The number of hydrogen-bond acceptors (Lipinski definition) is 0. The third-order valence-corrected chi connectivity index (χ3v) is 5.13. The first kappa shape index (κ1) is 10.5. The van der Waals surface area contributed by atoms with Crippen molar-refractivity contribution < 1.29 is 4.48 Å². The zero-order valence-electron chi connectivity index (χ0n) is 10.1. The fourth-order valence-electron chi connectivity index (χ4n) is 3.79. The second kappa shape index (κ2) is 3.84. The lowest BCUT2D eigenvalue weighted by Crippen LogP contribution is -2.52. The highest BCUT2D eigenvalue weighted by molar-refractivity contribution is 4.78. The molecule has 0 bridgehead atoms. The van der Waals surface area contributed by atoms with Gasteiger partial charge in [-0.05, 0) is 32.6 Å². The van der Waals surface area contributed by atoms with Gasteiger partial charge in [0.1, 0.15) is 0 Å². The Balaban J connectivity index is 2.13. The molecule has 0 aromatic heterocycles. The molecule has 0 saturated carbocycles. The molecule has 2 rings (SSSR count). The zero-order valence-corrected chi connectivity index (χ0v) is 10.1. The Labute approximate surface area is 89.1 Å². The molecule has 1 nitrogen and oxygen atoms in total. The summed E-state index contributed by atoms with van der Waals surface area (Å²) in [5.74, 6) is 1.89. The van der Waals surface area contributed by atoms with Crippen molar-refractivity contribution >= 4 is 0 Å². The summed E-state index contributed by atoms with van der Waals surface area (Å²) in [6.45, 7) is 11.8. The predicted molar refractivity (Wildman–Crippen MR) is 61.1 cm³/mol. The Morgan fingerprint density at radius 3 is 1.86 bits per heavy atom. The highest BCUT2D eigenvalue weighted by Gasteiger charge is 2.47. The van der Waals surface area contributed by atoms with Gasteiger partial charge in [-0.2, -0.15) is 0 Å². The summed E-state index contributed by atoms with van der Waals surface area (Å²) in [4.78, 5) is 0. The molecule has 1 spiro atoms. The van der Waals surface area contributed by atoms with Crippen molar-refractivity contribution in [3.63, 3.8) is 0 Å². The number of quaternary nitrogens is 1. The van der Waals surface area contributed by atoms with Gasteiger partial charge in [0, 0.05) is 11.8 Å². The van der Waals surface area contributed by atoms with Crippen molar-refractivity contribution in [1.29, 1.82) is 0 Å². The number of rotatable bonds is 0. The molecule has 2 heterocycles. The summed E-state index contributed by atoms with van der Waals surface area (Å²) in [7, 11) is 0. The summed E-state index contributed by atoms with van der Waals surface area (Å²) in [6, 6.07) is 0.920. The fourth-order valence-corrected chi connectivity index (χ4v) is 3.79. The van der Waals surface area contributed by atoms with Gasteiger partial charge in [0.2, 0.25) is 0 Å².